The molecule has 3 rings (SSSR count). The van der Waals surface area contributed by atoms with Crippen molar-refractivity contribution in [3.05, 3.63) is 11.9 Å². The summed E-state index contributed by atoms with van der Waals surface area (Å²) in [5.41, 5.74) is 6.56. The molecule has 2 saturated heterocycles. The van der Waals surface area contributed by atoms with Crippen LogP contribution >= 0.6 is 0 Å². The van der Waals surface area contributed by atoms with E-state index in [9.17, 15) is 0 Å². The van der Waals surface area contributed by atoms with Gasteiger partial charge in [-0.05, 0) is 6.42 Å². The van der Waals surface area contributed by atoms with Crippen molar-refractivity contribution in [1.29, 1.82) is 0 Å². The Hall–Kier alpha value is -1.02. The van der Waals surface area contributed by atoms with Crippen LogP contribution in [0.1, 0.15) is 12.1 Å². The van der Waals surface area contributed by atoms with E-state index in [2.05, 4.69) is 20.1 Å². The van der Waals surface area contributed by atoms with Crippen LogP contribution in [0.5, 0.6) is 0 Å². The van der Waals surface area contributed by atoms with Gasteiger partial charge >= 0.3 is 0 Å². The van der Waals surface area contributed by atoms with E-state index in [1.807, 2.05) is 10.9 Å². The largest absolute Gasteiger partial charge is 0.379 e. The van der Waals surface area contributed by atoms with Crippen molar-refractivity contribution in [3.8, 4) is 0 Å². The van der Waals surface area contributed by atoms with Crippen LogP contribution in [-0.2, 0) is 17.8 Å². The third-order valence-electron chi connectivity index (χ3n) is 4.14. The maximum Gasteiger partial charge on any atom is 0.0967 e. The first kappa shape index (κ1) is 13.9. The second-order valence-electron chi connectivity index (χ2n) is 5.59. The topological polar surface area (TPSA) is 72.4 Å². The molecule has 1 unspecified atom stereocenters. The summed E-state index contributed by atoms with van der Waals surface area (Å²) >= 11 is 0. The second-order valence-corrected chi connectivity index (χ2v) is 5.59. The number of likely N-dealkylation sites (tertiary alicyclic amines) is 1. The molecule has 3 heterocycles. The van der Waals surface area contributed by atoms with E-state index in [-0.39, 0.29) is 0 Å². The van der Waals surface area contributed by atoms with Crippen LogP contribution < -0.4 is 5.73 Å². The molecule has 0 aromatic carbocycles. The molecule has 1 aromatic heterocycles. The quantitative estimate of drug-likeness (QED) is 0.757. The summed E-state index contributed by atoms with van der Waals surface area (Å²) in [6.07, 6.45) is 3.26. The standard InChI is InChI=1S/C13H24N6O/c14-2-4-19-10-12(15-16-19)9-17-3-1-13(11-17)18-5-7-20-8-6-18/h10,13H,1-9,11,14H2. The highest BCUT2D eigenvalue weighted by atomic mass is 16.5. The lowest BCUT2D eigenvalue weighted by atomic mass is 10.2. The maximum absolute atomic E-state index is 5.52. The Bertz CT molecular complexity index is 417. The molecule has 0 spiro atoms. The summed E-state index contributed by atoms with van der Waals surface area (Å²) in [6.45, 7) is 8.42. The lowest BCUT2D eigenvalue weighted by molar-refractivity contribution is 0.0183. The van der Waals surface area contributed by atoms with Crippen LogP contribution in [0.4, 0.5) is 0 Å². The van der Waals surface area contributed by atoms with Crippen molar-refractivity contribution in [2.75, 3.05) is 45.9 Å². The first-order valence-corrected chi connectivity index (χ1v) is 7.48. The molecule has 1 aromatic rings. The molecule has 2 aliphatic heterocycles. The lowest BCUT2D eigenvalue weighted by Crippen LogP contribution is -2.44. The van der Waals surface area contributed by atoms with Gasteiger partial charge in [0.2, 0.25) is 0 Å². The highest BCUT2D eigenvalue weighted by Gasteiger charge is 2.28. The van der Waals surface area contributed by atoms with Crippen LogP contribution in [0.3, 0.4) is 0 Å². The van der Waals surface area contributed by atoms with Gasteiger partial charge in [-0.25, -0.2) is 0 Å². The number of aromatic nitrogens is 3. The number of rotatable bonds is 5. The van der Waals surface area contributed by atoms with E-state index in [0.717, 1.165) is 58.2 Å². The molecule has 2 N–H and O–H groups in total. The van der Waals surface area contributed by atoms with Crippen molar-refractivity contribution in [2.45, 2.75) is 25.6 Å². The first-order chi connectivity index (χ1) is 9.85. The van der Waals surface area contributed by atoms with E-state index in [1.54, 1.807) is 0 Å². The van der Waals surface area contributed by atoms with Gasteiger partial charge < -0.3 is 10.5 Å². The SMILES string of the molecule is NCCn1cc(CN2CCC(N3CCOCC3)C2)nn1. The molecule has 7 heteroatoms. The summed E-state index contributed by atoms with van der Waals surface area (Å²) < 4.78 is 7.25. The predicted octanol–water partition coefficient (Wildman–Crippen LogP) is -0.857. The average Bonchev–Trinajstić information content (AvgIpc) is 3.11. The third-order valence-corrected chi connectivity index (χ3v) is 4.14. The van der Waals surface area contributed by atoms with Crippen LogP contribution in [0.25, 0.3) is 0 Å². The molecule has 0 saturated carbocycles. The minimum atomic E-state index is 0.603. The molecule has 7 nitrogen and oxygen atoms in total. The van der Waals surface area contributed by atoms with E-state index in [0.29, 0.717) is 12.6 Å². The van der Waals surface area contributed by atoms with Gasteiger partial charge in [0.1, 0.15) is 0 Å². The molecule has 0 radical (unpaired) electrons. The number of hydrogen-bond donors (Lipinski definition) is 1. The van der Waals surface area contributed by atoms with E-state index >= 15 is 0 Å². The van der Waals surface area contributed by atoms with Crippen molar-refractivity contribution < 1.29 is 4.74 Å². The number of nitrogens with two attached hydrogens (primary N) is 1. The second kappa shape index (κ2) is 6.62. The summed E-state index contributed by atoms with van der Waals surface area (Å²) in [4.78, 5) is 5.03. The monoisotopic (exact) mass is 280 g/mol. The first-order valence-electron chi connectivity index (χ1n) is 7.48. The van der Waals surface area contributed by atoms with E-state index in [1.165, 1.54) is 6.42 Å². The van der Waals surface area contributed by atoms with Gasteiger partial charge in [0.25, 0.3) is 0 Å². The average molecular weight is 280 g/mol. The summed E-state index contributed by atoms with van der Waals surface area (Å²) in [5.74, 6) is 0. The number of morpholine rings is 1. The summed E-state index contributed by atoms with van der Waals surface area (Å²) in [5, 5.41) is 8.31. The smallest absolute Gasteiger partial charge is 0.0967 e. The molecule has 0 bridgehead atoms. The highest BCUT2D eigenvalue weighted by Crippen LogP contribution is 2.18. The Balaban J connectivity index is 1.49. The van der Waals surface area contributed by atoms with E-state index in [4.69, 9.17) is 10.5 Å². The molecule has 0 amide bonds. The fraction of sp³-hybridized carbons (Fsp3) is 0.846. The van der Waals surface area contributed by atoms with Gasteiger partial charge in [0.15, 0.2) is 0 Å². The zero-order valence-electron chi connectivity index (χ0n) is 11.9. The van der Waals surface area contributed by atoms with Crippen LogP contribution in [0, 0.1) is 0 Å². The molecular weight excluding hydrogens is 256 g/mol. The minimum Gasteiger partial charge on any atom is -0.379 e. The fourth-order valence-electron chi connectivity index (χ4n) is 3.08. The maximum atomic E-state index is 5.52. The zero-order chi connectivity index (χ0) is 13.8. The Kier molecular flexibility index (Phi) is 4.62. The summed E-state index contributed by atoms with van der Waals surface area (Å²) in [7, 11) is 0. The normalized spacial score (nSPS) is 25.4. The number of ether oxygens (including phenoxy) is 1. The fourth-order valence-corrected chi connectivity index (χ4v) is 3.08. The Morgan fingerprint density at radius 2 is 2.15 bits per heavy atom. The van der Waals surface area contributed by atoms with Gasteiger partial charge in [-0.1, -0.05) is 5.21 Å². The van der Waals surface area contributed by atoms with Crippen LogP contribution in [0.15, 0.2) is 6.20 Å². The Morgan fingerprint density at radius 3 is 2.95 bits per heavy atom. The minimum absolute atomic E-state index is 0.603. The molecule has 112 valence electrons. The van der Waals surface area contributed by atoms with Crippen molar-refractivity contribution in [3.63, 3.8) is 0 Å². The third kappa shape index (κ3) is 3.35. The van der Waals surface area contributed by atoms with Gasteiger partial charge in [0.05, 0.1) is 25.5 Å². The Labute approximate surface area is 119 Å². The van der Waals surface area contributed by atoms with Gasteiger partial charge in [0, 0.05) is 51.5 Å². The molecule has 2 aliphatic rings. The molecule has 2 fully saturated rings. The lowest BCUT2D eigenvalue weighted by Gasteiger charge is -2.32. The van der Waals surface area contributed by atoms with Crippen LogP contribution in [-0.4, -0.2) is 76.8 Å². The molecule has 1 atom stereocenters. The highest BCUT2D eigenvalue weighted by molar-refractivity contribution is 4.95. The summed E-state index contributed by atoms with van der Waals surface area (Å²) in [6, 6.07) is 0.679. The van der Waals surface area contributed by atoms with Gasteiger partial charge in [-0.2, -0.15) is 0 Å². The number of hydrogen-bond acceptors (Lipinski definition) is 6. The van der Waals surface area contributed by atoms with Crippen molar-refractivity contribution in [1.82, 2.24) is 24.8 Å². The zero-order valence-corrected chi connectivity index (χ0v) is 11.9. The van der Waals surface area contributed by atoms with Gasteiger partial charge in [-0.3, -0.25) is 14.5 Å². The van der Waals surface area contributed by atoms with Crippen molar-refractivity contribution in [2.24, 2.45) is 5.73 Å². The molecule has 20 heavy (non-hydrogen) atoms. The van der Waals surface area contributed by atoms with Crippen LogP contribution in [0.2, 0.25) is 0 Å². The Morgan fingerprint density at radius 1 is 1.30 bits per heavy atom. The van der Waals surface area contributed by atoms with Gasteiger partial charge in [-0.15, -0.1) is 5.10 Å². The number of nitrogens with zero attached hydrogens (tertiary/aromatic N) is 5. The van der Waals surface area contributed by atoms with E-state index < -0.39 is 0 Å². The predicted molar refractivity (Wildman–Crippen MR) is 75.2 cm³/mol. The van der Waals surface area contributed by atoms with Crippen molar-refractivity contribution >= 4 is 0 Å². The molecular formula is C13H24N6O. The molecule has 0 aliphatic carbocycles.